The molecule has 1 saturated carbocycles. The lowest BCUT2D eigenvalue weighted by Crippen LogP contribution is -2.34. The van der Waals surface area contributed by atoms with E-state index in [1.165, 1.54) is 40.8 Å². The Hall–Kier alpha value is 0.140. The predicted molar refractivity (Wildman–Crippen MR) is 79.7 cm³/mol. The van der Waals surface area contributed by atoms with E-state index in [1.54, 1.807) is 0 Å². The van der Waals surface area contributed by atoms with Gasteiger partial charge in [0.2, 0.25) is 0 Å². The summed E-state index contributed by atoms with van der Waals surface area (Å²) in [5.41, 5.74) is 0. The van der Waals surface area contributed by atoms with Gasteiger partial charge in [-0.15, -0.1) is 11.3 Å². The fourth-order valence-electron chi connectivity index (χ4n) is 3.03. The lowest BCUT2D eigenvalue weighted by Gasteiger charge is -2.22. The van der Waals surface area contributed by atoms with Crippen LogP contribution in [0.25, 0.3) is 0 Å². The number of halogens is 1. The normalized spacial score (nSPS) is 26.3. The van der Waals surface area contributed by atoms with Crippen LogP contribution >= 0.6 is 27.3 Å². The second-order valence-corrected chi connectivity index (χ2v) is 7.70. The van der Waals surface area contributed by atoms with E-state index in [-0.39, 0.29) is 0 Å². The van der Waals surface area contributed by atoms with Crippen LogP contribution in [-0.4, -0.2) is 13.1 Å². The van der Waals surface area contributed by atoms with Gasteiger partial charge in [0.15, 0.2) is 0 Å². The van der Waals surface area contributed by atoms with E-state index in [0.717, 1.165) is 11.8 Å². The van der Waals surface area contributed by atoms with Gasteiger partial charge in [0.25, 0.3) is 0 Å². The summed E-state index contributed by atoms with van der Waals surface area (Å²) in [4.78, 5) is 1.50. The smallest absolute Gasteiger partial charge is 0.0701 e. The van der Waals surface area contributed by atoms with E-state index in [0.29, 0.717) is 6.04 Å². The van der Waals surface area contributed by atoms with Crippen molar-refractivity contribution in [2.75, 3.05) is 7.05 Å². The lowest BCUT2D eigenvalue weighted by molar-refractivity contribution is 0.363. The SMILES string of the molecule is CCC1CCC(C(Cc2ccc(Br)s2)NC)C1. The maximum absolute atomic E-state index is 3.55. The van der Waals surface area contributed by atoms with Crippen molar-refractivity contribution in [1.82, 2.24) is 5.32 Å². The summed E-state index contributed by atoms with van der Waals surface area (Å²) < 4.78 is 1.25. The molecule has 0 bridgehead atoms. The number of likely N-dealkylation sites (N-methyl/N-ethyl adjacent to an activating group) is 1. The van der Waals surface area contributed by atoms with Gasteiger partial charge in [0, 0.05) is 10.9 Å². The van der Waals surface area contributed by atoms with E-state index >= 15 is 0 Å². The van der Waals surface area contributed by atoms with Crippen molar-refractivity contribution >= 4 is 27.3 Å². The van der Waals surface area contributed by atoms with Gasteiger partial charge < -0.3 is 5.32 Å². The Morgan fingerprint density at radius 2 is 2.29 bits per heavy atom. The molecule has 3 atom stereocenters. The summed E-state index contributed by atoms with van der Waals surface area (Å²) >= 11 is 5.42. The van der Waals surface area contributed by atoms with Crippen molar-refractivity contribution in [3.63, 3.8) is 0 Å². The Balaban J connectivity index is 1.93. The topological polar surface area (TPSA) is 12.0 Å². The first-order valence-electron chi connectivity index (χ1n) is 6.64. The third kappa shape index (κ3) is 3.55. The highest BCUT2D eigenvalue weighted by Gasteiger charge is 2.29. The van der Waals surface area contributed by atoms with Crippen LogP contribution in [-0.2, 0) is 6.42 Å². The van der Waals surface area contributed by atoms with Crippen LogP contribution < -0.4 is 5.32 Å². The molecule has 1 aliphatic rings. The van der Waals surface area contributed by atoms with E-state index in [4.69, 9.17) is 0 Å². The summed E-state index contributed by atoms with van der Waals surface area (Å²) in [5, 5.41) is 3.54. The van der Waals surface area contributed by atoms with Crippen LogP contribution in [0.1, 0.15) is 37.5 Å². The van der Waals surface area contributed by atoms with E-state index in [1.807, 2.05) is 11.3 Å². The highest BCUT2D eigenvalue weighted by atomic mass is 79.9. The van der Waals surface area contributed by atoms with Crippen LogP contribution in [0.2, 0.25) is 0 Å². The summed E-state index contributed by atoms with van der Waals surface area (Å²) in [6.07, 6.45) is 6.82. The van der Waals surface area contributed by atoms with Crippen molar-refractivity contribution in [2.45, 2.75) is 45.1 Å². The zero-order valence-electron chi connectivity index (χ0n) is 10.7. The molecule has 0 saturated heterocycles. The minimum atomic E-state index is 0.664. The van der Waals surface area contributed by atoms with E-state index < -0.39 is 0 Å². The van der Waals surface area contributed by atoms with Gasteiger partial charge in [-0.1, -0.05) is 19.8 Å². The zero-order chi connectivity index (χ0) is 12.3. The highest BCUT2D eigenvalue weighted by molar-refractivity contribution is 9.11. The van der Waals surface area contributed by atoms with Gasteiger partial charge in [-0.2, -0.15) is 0 Å². The molecule has 3 heteroatoms. The van der Waals surface area contributed by atoms with Crippen molar-refractivity contribution < 1.29 is 0 Å². The Labute approximate surface area is 117 Å². The van der Waals surface area contributed by atoms with Crippen molar-refractivity contribution in [2.24, 2.45) is 11.8 Å². The summed E-state index contributed by atoms with van der Waals surface area (Å²) in [6, 6.07) is 5.08. The first kappa shape index (κ1) is 13.6. The molecule has 17 heavy (non-hydrogen) atoms. The van der Waals surface area contributed by atoms with Crippen molar-refractivity contribution in [3.05, 3.63) is 20.8 Å². The molecule has 1 fully saturated rings. The number of nitrogens with one attached hydrogen (secondary N) is 1. The van der Waals surface area contributed by atoms with Crippen LogP contribution in [0.15, 0.2) is 15.9 Å². The molecule has 1 aromatic heterocycles. The maximum Gasteiger partial charge on any atom is 0.0701 e. The summed E-state index contributed by atoms with van der Waals surface area (Å²) in [5.74, 6) is 1.86. The Morgan fingerprint density at radius 3 is 2.82 bits per heavy atom. The molecular formula is C14H22BrNS. The minimum absolute atomic E-state index is 0.664. The minimum Gasteiger partial charge on any atom is -0.316 e. The van der Waals surface area contributed by atoms with Crippen LogP contribution in [0.5, 0.6) is 0 Å². The van der Waals surface area contributed by atoms with Gasteiger partial charge >= 0.3 is 0 Å². The molecule has 0 aliphatic heterocycles. The van der Waals surface area contributed by atoms with Gasteiger partial charge in [0.05, 0.1) is 3.79 Å². The Kier molecular flexibility index (Phi) is 5.07. The first-order chi connectivity index (χ1) is 8.22. The molecule has 1 nitrogen and oxygen atoms in total. The third-order valence-corrected chi connectivity index (χ3v) is 5.79. The summed E-state index contributed by atoms with van der Waals surface area (Å²) in [7, 11) is 2.12. The molecule has 0 aromatic carbocycles. The molecule has 0 radical (unpaired) electrons. The predicted octanol–water partition coefficient (Wildman–Crippen LogP) is 4.47. The molecule has 96 valence electrons. The molecular weight excluding hydrogens is 294 g/mol. The largest absolute Gasteiger partial charge is 0.316 e. The quantitative estimate of drug-likeness (QED) is 0.845. The number of hydrogen-bond acceptors (Lipinski definition) is 2. The molecule has 1 aliphatic carbocycles. The average molecular weight is 316 g/mol. The molecule has 0 amide bonds. The fourth-order valence-corrected chi connectivity index (χ4v) is 4.57. The molecule has 1 aromatic rings. The van der Waals surface area contributed by atoms with Crippen LogP contribution in [0.3, 0.4) is 0 Å². The lowest BCUT2D eigenvalue weighted by atomic mass is 9.93. The Morgan fingerprint density at radius 1 is 1.47 bits per heavy atom. The number of thiophene rings is 1. The Bertz CT molecular complexity index is 350. The molecule has 1 heterocycles. The molecule has 2 rings (SSSR count). The second-order valence-electron chi connectivity index (χ2n) is 5.15. The molecule has 3 unspecified atom stereocenters. The maximum atomic E-state index is 3.55. The fraction of sp³-hybridized carbons (Fsp3) is 0.714. The third-order valence-electron chi connectivity index (χ3n) is 4.15. The number of hydrogen-bond donors (Lipinski definition) is 1. The zero-order valence-corrected chi connectivity index (χ0v) is 13.1. The van der Waals surface area contributed by atoms with Gasteiger partial charge in [-0.25, -0.2) is 0 Å². The van der Waals surface area contributed by atoms with Crippen molar-refractivity contribution in [1.29, 1.82) is 0 Å². The van der Waals surface area contributed by atoms with Gasteiger partial charge in [0.1, 0.15) is 0 Å². The standard InChI is InChI=1S/C14H22BrNS/c1-3-10-4-5-11(8-10)13(16-2)9-12-6-7-14(15)17-12/h6-7,10-11,13,16H,3-5,8-9H2,1-2H3. The summed E-state index contributed by atoms with van der Waals surface area (Å²) in [6.45, 7) is 2.33. The average Bonchev–Trinajstić information content (AvgIpc) is 2.94. The second kappa shape index (κ2) is 6.35. The molecule has 1 N–H and O–H groups in total. The monoisotopic (exact) mass is 315 g/mol. The van der Waals surface area contributed by atoms with Crippen molar-refractivity contribution in [3.8, 4) is 0 Å². The highest BCUT2D eigenvalue weighted by Crippen LogP contribution is 2.36. The van der Waals surface area contributed by atoms with Crippen LogP contribution in [0.4, 0.5) is 0 Å². The first-order valence-corrected chi connectivity index (χ1v) is 8.25. The van der Waals surface area contributed by atoms with Crippen LogP contribution in [0, 0.1) is 11.8 Å². The van der Waals surface area contributed by atoms with Gasteiger partial charge in [-0.05, 0) is 66.2 Å². The van der Waals surface area contributed by atoms with Gasteiger partial charge in [-0.3, -0.25) is 0 Å². The van der Waals surface area contributed by atoms with E-state index in [9.17, 15) is 0 Å². The number of rotatable bonds is 5. The molecule has 0 spiro atoms. The van der Waals surface area contributed by atoms with E-state index in [2.05, 4.69) is 47.4 Å².